The van der Waals surface area contributed by atoms with Crippen LogP contribution in [0.15, 0.2) is 10.2 Å². The van der Waals surface area contributed by atoms with Crippen LogP contribution in [0.1, 0.15) is 46.0 Å². The Balaban J connectivity index is 2.33. The van der Waals surface area contributed by atoms with Crippen LogP contribution in [-0.4, -0.2) is 11.4 Å². The highest BCUT2D eigenvalue weighted by Gasteiger charge is 2.03. The van der Waals surface area contributed by atoms with Crippen molar-refractivity contribution in [1.82, 2.24) is 5.53 Å². The molecule has 68 valence electrons. The molecule has 3 nitrogen and oxygen atoms in total. The summed E-state index contributed by atoms with van der Waals surface area (Å²) in [7, 11) is 0. The Labute approximate surface area is 73.9 Å². The molecule has 0 saturated carbocycles. The van der Waals surface area contributed by atoms with Crippen molar-refractivity contribution in [1.29, 1.82) is 0 Å². The van der Waals surface area contributed by atoms with Gasteiger partial charge in [0.2, 0.25) is 0 Å². The van der Waals surface area contributed by atoms with Gasteiger partial charge in [-0.25, -0.2) is 0 Å². The molecule has 0 bridgehead atoms. The first-order valence-corrected chi connectivity index (χ1v) is 4.66. The maximum Gasteiger partial charge on any atom is 0.0403 e. The van der Waals surface area contributed by atoms with Crippen molar-refractivity contribution >= 4 is 11.4 Å². The van der Waals surface area contributed by atoms with Gasteiger partial charge in [0.1, 0.15) is 0 Å². The Bertz CT molecular complexity index is 194. The highest BCUT2D eigenvalue weighted by atomic mass is 15.5. The van der Waals surface area contributed by atoms with Crippen molar-refractivity contribution in [3.05, 3.63) is 0 Å². The number of hydrogen-bond donors (Lipinski definition) is 1. The highest BCUT2D eigenvalue weighted by Crippen LogP contribution is 2.06. The second kappa shape index (κ2) is 4.91. The molecule has 1 heterocycles. The summed E-state index contributed by atoms with van der Waals surface area (Å²) in [5.41, 5.74) is 5.14. The van der Waals surface area contributed by atoms with Crippen LogP contribution >= 0.6 is 0 Å². The summed E-state index contributed by atoms with van der Waals surface area (Å²) in [5.74, 6) is 0. The molecule has 1 aliphatic rings. The number of hydrazone groups is 2. The molecule has 0 amide bonds. The van der Waals surface area contributed by atoms with Crippen LogP contribution in [0.25, 0.3) is 0 Å². The smallest absolute Gasteiger partial charge is 0.0403 e. The largest absolute Gasteiger partial charge is 0.198 e. The van der Waals surface area contributed by atoms with Crippen molar-refractivity contribution in [3.8, 4) is 0 Å². The van der Waals surface area contributed by atoms with Gasteiger partial charge in [0.05, 0.1) is 0 Å². The van der Waals surface area contributed by atoms with E-state index in [9.17, 15) is 0 Å². The van der Waals surface area contributed by atoms with Gasteiger partial charge in [0.15, 0.2) is 0 Å². The maximum absolute atomic E-state index is 4.19. The Morgan fingerprint density at radius 2 is 2.17 bits per heavy atom. The minimum absolute atomic E-state index is 1.05. The second-order valence-electron chi connectivity index (χ2n) is 3.23. The Morgan fingerprint density at radius 1 is 1.33 bits per heavy atom. The molecule has 0 aromatic heterocycles. The molecule has 3 heteroatoms. The van der Waals surface area contributed by atoms with Gasteiger partial charge in [0.25, 0.3) is 0 Å². The van der Waals surface area contributed by atoms with Crippen molar-refractivity contribution in [3.63, 3.8) is 0 Å². The maximum atomic E-state index is 4.19. The zero-order chi connectivity index (χ0) is 8.81. The Morgan fingerprint density at radius 3 is 2.92 bits per heavy atom. The van der Waals surface area contributed by atoms with E-state index < -0.39 is 0 Å². The first kappa shape index (κ1) is 9.23. The lowest BCUT2D eigenvalue weighted by molar-refractivity contribution is 0.781. The number of unbranched alkanes of at least 4 members (excludes halogenated alkanes) is 1. The third-order valence-corrected chi connectivity index (χ3v) is 2.04. The molecule has 1 rings (SSSR count). The van der Waals surface area contributed by atoms with Crippen LogP contribution in [0, 0.1) is 0 Å². The molecule has 0 spiro atoms. The summed E-state index contributed by atoms with van der Waals surface area (Å²) in [4.78, 5) is 0. The lowest BCUT2D eigenvalue weighted by Crippen LogP contribution is -2.01. The number of nitrogens with one attached hydrogen (secondary N) is 1. The van der Waals surface area contributed by atoms with Crippen LogP contribution in [0.3, 0.4) is 0 Å². The van der Waals surface area contributed by atoms with E-state index >= 15 is 0 Å². The molecule has 0 unspecified atom stereocenters. The zero-order valence-electron chi connectivity index (χ0n) is 7.93. The molecule has 0 aromatic rings. The van der Waals surface area contributed by atoms with E-state index in [0.717, 1.165) is 25.0 Å². The van der Waals surface area contributed by atoms with Gasteiger partial charge in [-0.3, -0.25) is 0 Å². The molecule has 0 atom stereocenters. The Hall–Kier alpha value is -0.860. The molecular formula is C9H17N3. The van der Waals surface area contributed by atoms with E-state index in [1.807, 2.05) is 6.92 Å². The van der Waals surface area contributed by atoms with Crippen molar-refractivity contribution in [2.75, 3.05) is 0 Å². The van der Waals surface area contributed by atoms with Gasteiger partial charge in [-0.1, -0.05) is 13.3 Å². The van der Waals surface area contributed by atoms with Gasteiger partial charge >= 0.3 is 0 Å². The molecule has 0 aliphatic carbocycles. The third-order valence-electron chi connectivity index (χ3n) is 2.04. The Kier molecular flexibility index (Phi) is 3.77. The number of hydrogen-bond acceptors (Lipinski definition) is 3. The predicted molar refractivity (Wildman–Crippen MR) is 52.4 cm³/mol. The number of rotatable bonds is 3. The fourth-order valence-electron chi connectivity index (χ4n) is 1.18. The monoisotopic (exact) mass is 167 g/mol. The van der Waals surface area contributed by atoms with Crippen LogP contribution < -0.4 is 5.53 Å². The molecule has 1 aliphatic heterocycles. The molecule has 0 saturated heterocycles. The SMILES string of the molecule is CCCCC1=NNN=C(C)CC1. The van der Waals surface area contributed by atoms with Crippen molar-refractivity contribution in [2.45, 2.75) is 46.0 Å². The molecular weight excluding hydrogens is 150 g/mol. The minimum atomic E-state index is 1.05. The first-order chi connectivity index (χ1) is 5.83. The number of nitrogens with zero attached hydrogens (tertiary/aromatic N) is 2. The van der Waals surface area contributed by atoms with Gasteiger partial charge in [0, 0.05) is 11.4 Å². The average molecular weight is 167 g/mol. The lowest BCUT2D eigenvalue weighted by atomic mass is 10.1. The van der Waals surface area contributed by atoms with E-state index in [1.54, 1.807) is 0 Å². The minimum Gasteiger partial charge on any atom is -0.198 e. The van der Waals surface area contributed by atoms with E-state index in [0.29, 0.717) is 0 Å². The van der Waals surface area contributed by atoms with Gasteiger partial charge in [-0.2, -0.15) is 15.7 Å². The standard InChI is InChI=1S/C9H17N3/c1-3-4-5-9-7-6-8(2)10-12-11-9/h12H,3-7H2,1-2H3. The summed E-state index contributed by atoms with van der Waals surface area (Å²) >= 11 is 0. The summed E-state index contributed by atoms with van der Waals surface area (Å²) in [6.07, 6.45) is 5.71. The second-order valence-corrected chi connectivity index (χ2v) is 3.23. The predicted octanol–water partition coefficient (Wildman–Crippen LogP) is 2.29. The van der Waals surface area contributed by atoms with Crippen molar-refractivity contribution in [2.24, 2.45) is 10.2 Å². The highest BCUT2D eigenvalue weighted by molar-refractivity contribution is 5.91. The summed E-state index contributed by atoms with van der Waals surface area (Å²) in [5, 5.41) is 8.25. The van der Waals surface area contributed by atoms with E-state index in [1.165, 1.54) is 18.6 Å². The molecule has 12 heavy (non-hydrogen) atoms. The molecule has 0 radical (unpaired) electrons. The van der Waals surface area contributed by atoms with Crippen LogP contribution in [0.4, 0.5) is 0 Å². The molecule has 0 aromatic carbocycles. The lowest BCUT2D eigenvalue weighted by Gasteiger charge is -2.00. The fourth-order valence-corrected chi connectivity index (χ4v) is 1.18. The summed E-state index contributed by atoms with van der Waals surface area (Å²) < 4.78 is 0. The first-order valence-electron chi connectivity index (χ1n) is 4.66. The van der Waals surface area contributed by atoms with E-state index in [2.05, 4.69) is 22.7 Å². The molecule has 0 fully saturated rings. The third kappa shape index (κ3) is 3.03. The quantitative estimate of drug-likeness (QED) is 0.688. The normalized spacial score (nSPS) is 17.5. The van der Waals surface area contributed by atoms with Crippen LogP contribution in [0.2, 0.25) is 0 Å². The van der Waals surface area contributed by atoms with Gasteiger partial charge in [-0.05, 0) is 32.6 Å². The average Bonchev–Trinajstić information content (AvgIpc) is 2.27. The van der Waals surface area contributed by atoms with E-state index in [4.69, 9.17) is 0 Å². The van der Waals surface area contributed by atoms with Crippen LogP contribution in [-0.2, 0) is 0 Å². The zero-order valence-corrected chi connectivity index (χ0v) is 7.93. The topological polar surface area (TPSA) is 36.8 Å². The van der Waals surface area contributed by atoms with Gasteiger partial charge in [-0.15, -0.1) is 0 Å². The van der Waals surface area contributed by atoms with Crippen molar-refractivity contribution < 1.29 is 0 Å². The van der Waals surface area contributed by atoms with E-state index in [-0.39, 0.29) is 0 Å². The molecule has 1 N–H and O–H groups in total. The fraction of sp³-hybridized carbons (Fsp3) is 0.778. The van der Waals surface area contributed by atoms with Gasteiger partial charge < -0.3 is 0 Å². The summed E-state index contributed by atoms with van der Waals surface area (Å²) in [6.45, 7) is 4.23. The summed E-state index contributed by atoms with van der Waals surface area (Å²) in [6, 6.07) is 0. The van der Waals surface area contributed by atoms with Crippen LogP contribution in [0.5, 0.6) is 0 Å².